The van der Waals surface area contributed by atoms with Gasteiger partial charge in [-0.3, -0.25) is 0 Å². The Kier molecular flexibility index (Phi) is 3.92. The summed E-state index contributed by atoms with van der Waals surface area (Å²) in [6.07, 6.45) is 5.48. The van der Waals surface area contributed by atoms with E-state index < -0.39 is 10.0 Å². The van der Waals surface area contributed by atoms with E-state index in [1.165, 1.54) is 17.8 Å². The Morgan fingerprint density at radius 3 is 2.65 bits per heavy atom. The molecule has 1 saturated carbocycles. The molecule has 1 aromatic rings. The highest BCUT2D eigenvalue weighted by molar-refractivity contribution is 7.91. The fourth-order valence-electron chi connectivity index (χ4n) is 3.50. The van der Waals surface area contributed by atoms with E-state index in [0.717, 1.165) is 43.6 Å². The number of piperazine rings is 1. The maximum atomic E-state index is 13.0. The maximum absolute atomic E-state index is 13.0. The number of nitrogens with zero attached hydrogens (tertiary/aromatic N) is 1. The van der Waals surface area contributed by atoms with Gasteiger partial charge >= 0.3 is 0 Å². The number of hydrogen-bond acceptors (Lipinski definition) is 4. The summed E-state index contributed by atoms with van der Waals surface area (Å²) in [5.74, 6) is 0. The zero-order valence-corrected chi connectivity index (χ0v) is 13.5. The Hall–Kier alpha value is -0.430. The van der Waals surface area contributed by atoms with E-state index in [9.17, 15) is 8.42 Å². The third-order valence-corrected chi connectivity index (χ3v) is 7.99. The van der Waals surface area contributed by atoms with Crippen LogP contribution in [0.2, 0.25) is 0 Å². The number of aryl methyl sites for hydroxylation is 1. The minimum absolute atomic E-state index is 0.187. The van der Waals surface area contributed by atoms with Crippen LogP contribution in [0, 0.1) is 6.92 Å². The lowest BCUT2D eigenvalue weighted by Gasteiger charge is -2.48. The molecule has 1 N–H and O–H groups in total. The van der Waals surface area contributed by atoms with Crippen molar-refractivity contribution in [2.45, 2.75) is 48.8 Å². The Labute approximate surface area is 125 Å². The molecule has 2 aliphatic rings. The van der Waals surface area contributed by atoms with Crippen LogP contribution in [0.1, 0.15) is 37.0 Å². The molecule has 1 aromatic heterocycles. The average Bonchev–Trinajstić information content (AvgIpc) is 2.87. The highest BCUT2D eigenvalue weighted by Gasteiger charge is 2.46. The van der Waals surface area contributed by atoms with E-state index in [2.05, 4.69) is 5.32 Å². The van der Waals surface area contributed by atoms with Gasteiger partial charge in [-0.05, 0) is 31.9 Å². The van der Waals surface area contributed by atoms with Crippen molar-refractivity contribution in [3.63, 3.8) is 0 Å². The SMILES string of the molecule is Cc1ccc(S(=O)(=O)N2CCNCC23CCCCC3)s1. The van der Waals surface area contributed by atoms with E-state index in [1.54, 1.807) is 10.4 Å². The summed E-state index contributed by atoms with van der Waals surface area (Å²) in [5, 5.41) is 3.40. The Morgan fingerprint density at radius 2 is 2.00 bits per heavy atom. The second kappa shape index (κ2) is 5.40. The molecular formula is C14H22N2O2S2. The molecule has 6 heteroatoms. The molecule has 1 saturated heterocycles. The molecule has 0 bridgehead atoms. The highest BCUT2D eigenvalue weighted by Crippen LogP contribution is 2.39. The van der Waals surface area contributed by atoms with Crippen LogP contribution < -0.4 is 5.32 Å². The molecule has 2 fully saturated rings. The fourth-order valence-corrected chi connectivity index (χ4v) is 6.72. The maximum Gasteiger partial charge on any atom is 0.253 e. The van der Waals surface area contributed by atoms with Gasteiger partial charge in [-0.15, -0.1) is 11.3 Å². The quantitative estimate of drug-likeness (QED) is 0.911. The van der Waals surface area contributed by atoms with Gasteiger partial charge in [0.2, 0.25) is 0 Å². The summed E-state index contributed by atoms with van der Waals surface area (Å²) in [7, 11) is -3.34. The highest BCUT2D eigenvalue weighted by atomic mass is 32.2. The van der Waals surface area contributed by atoms with Gasteiger partial charge < -0.3 is 5.32 Å². The summed E-state index contributed by atoms with van der Waals surface area (Å²) in [4.78, 5) is 1.05. The summed E-state index contributed by atoms with van der Waals surface area (Å²) in [6.45, 7) is 4.11. The van der Waals surface area contributed by atoms with Crippen LogP contribution in [-0.4, -0.2) is 37.9 Å². The van der Waals surface area contributed by atoms with E-state index in [4.69, 9.17) is 0 Å². The predicted molar refractivity (Wildman–Crippen MR) is 81.6 cm³/mol. The van der Waals surface area contributed by atoms with E-state index in [-0.39, 0.29) is 5.54 Å². The van der Waals surface area contributed by atoms with E-state index in [1.807, 2.05) is 13.0 Å². The Bertz CT molecular complexity index is 565. The largest absolute Gasteiger partial charge is 0.314 e. The van der Waals surface area contributed by atoms with Gasteiger partial charge in [0.1, 0.15) is 4.21 Å². The first-order valence-corrected chi connectivity index (χ1v) is 9.60. The molecule has 0 amide bonds. The summed E-state index contributed by atoms with van der Waals surface area (Å²) in [6, 6.07) is 3.65. The second-order valence-corrected chi connectivity index (χ2v) is 9.28. The number of nitrogens with one attached hydrogen (secondary N) is 1. The van der Waals surface area contributed by atoms with Crippen LogP contribution in [0.4, 0.5) is 0 Å². The summed E-state index contributed by atoms with van der Waals surface area (Å²) in [5.41, 5.74) is -0.187. The Morgan fingerprint density at radius 1 is 1.25 bits per heavy atom. The molecule has 3 rings (SSSR count). The number of hydrogen-bond donors (Lipinski definition) is 1. The monoisotopic (exact) mass is 314 g/mol. The van der Waals surface area contributed by atoms with Gasteiger partial charge in [-0.1, -0.05) is 19.3 Å². The topological polar surface area (TPSA) is 49.4 Å². The van der Waals surface area contributed by atoms with Crippen molar-refractivity contribution in [2.75, 3.05) is 19.6 Å². The average molecular weight is 314 g/mol. The zero-order valence-electron chi connectivity index (χ0n) is 11.9. The molecule has 1 spiro atoms. The molecular weight excluding hydrogens is 292 g/mol. The minimum Gasteiger partial charge on any atom is -0.314 e. The molecule has 1 aliphatic carbocycles. The molecule has 2 heterocycles. The van der Waals surface area contributed by atoms with Crippen molar-refractivity contribution in [1.82, 2.24) is 9.62 Å². The first-order valence-electron chi connectivity index (χ1n) is 7.35. The zero-order chi connectivity index (χ0) is 14.2. The van der Waals surface area contributed by atoms with Gasteiger partial charge in [-0.2, -0.15) is 4.31 Å². The van der Waals surface area contributed by atoms with E-state index in [0.29, 0.717) is 10.8 Å². The van der Waals surface area contributed by atoms with Crippen LogP contribution in [0.25, 0.3) is 0 Å². The lowest BCUT2D eigenvalue weighted by Crippen LogP contribution is -2.63. The van der Waals surface area contributed by atoms with Crippen molar-refractivity contribution in [2.24, 2.45) is 0 Å². The smallest absolute Gasteiger partial charge is 0.253 e. The van der Waals surface area contributed by atoms with Gasteiger partial charge in [0.15, 0.2) is 0 Å². The van der Waals surface area contributed by atoms with Crippen LogP contribution in [0.15, 0.2) is 16.3 Å². The van der Waals surface area contributed by atoms with Gasteiger partial charge in [0.25, 0.3) is 10.0 Å². The standard InChI is InChI=1S/C14H22N2O2S2/c1-12-5-6-13(19-12)20(17,18)16-10-9-15-11-14(16)7-3-2-4-8-14/h5-6,15H,2-4,7-11H2,1H3. The van der Waals surface area contributed by atoms with Crippen LogP contribution in [0.3, 0.4) is 0 Å². The molecule has 0 unspecified atom stereocenters. The van der Waals surface area contributed by atoms with Crippen LogP contribution >= 0.6 is 11.3 Å². The first-order chi connectivity index (χ1) is 9.55. The fraction of sp³-hybridized carbons (Fsp3) is 0.714. The number of thiophene rings is 1. The molecule has 20 heavy (non-hydrogen) atoms. The van der Waals surface area contributed by atoms with Crippen LogP contribution in [0.5, 0.6) is 0 Å². The summed E-state index contributed by atoms with van der Waals surface area (Å²) >= 11 is 1.39. The predicted octanol–water partition coefficient (Wildman–Crippen LogP) is 2.35. The second-order valence-electron chi connectivity index (χ2n) is 5.90. The van der Waals surface area contributed by atoms with Crippen molar-refractivity contribution >= 4 is 21.4 Å². The van der Waals surface area contributed by atoms with Crippen molar-refractivity contribution in [3.8, 4) is 0 Å². The molecule has 4 nitrogen and oxygen atoms in total. The number of rotatable bonds is 2. The lowest BCUT2D eigenvalue weighted by molar-refractivity contribution is 0.101. The lowest BCUT2D eigenvalue weighted by atomic mass is 9.80. The minimum atomic E-state index is -3.34. The molecule has 1 aliphatic heterocycles. The van der Waals surface area contributed by atoms with Crippen molar-refractivity contribution in [3.05, 3.63) is 17.0 Å². The summed E-state index contributed by atoms with van der Waals surface area (Å²) < 4.78 is 28.3. The molecule has 0 atom stereocenters. The van der Waals surface area contributed by atoms with E-state index >= 15 is 0 Å². The molecule has 0 radical (unpaired) electrons. The molecule has 0 aromatic carbocycles. The van der Waals surface area contributed by atoms with Crippen molar-refractivity contribution < 1.29 is 8.42 Å². The van der Waals surface area contributed by atoms with Gasteiger partial charge in [0, 0.05) is 30.1 Å². The Balaban J connectivity index is 1.97. The first kappa shape index (κ1) is 14.5. The van der Waals surface area contributed by atoms with Crippen molar-refractivity contribution in [1.29, 1.82) is 0 Å². The molecule has 112 valence electrons. The normalized spacial score (nSPS) is 24.1. The third kappa shape index (κ3) is 2.43. The van der Waals surface area contributed by atoms with Gasteiger partial charge in [0.05, 0.1) is 0 Å². The van der Waals surface area contributed by atoms with Crippen LogP contribution in [-0.2, 0) is 10.0 Å². The third-order valence-electron chi connectivity index (χ3n) is 4.52. The number of sulfonamides is 1. The van der Waals surface area contributed by atoms with Gasteiger partial charge in [-0.25, -0.2) is 8.42 Å².